The lowest BCUT2D eigenvalue weighted by atomic mass is 10.3. The molecule has 0 atom stereocenters. The first-order valence-corrected chi connectivity index (χ1v) is 6.99. The number of thiazole rings is 1. The Morgan fingerprint density at radius 3 is 3.00 bits per heavy atom. The summed E-state index contributed by atoms with van der Waals surface area (Å²) in [4.78, 5) is 5.53. The van der Waals surface area contributed by atoms with Crippen LogP contribution in [0.5, 0.6) is 5.75 Å². The molecule has 0 radical (unpaired) electrons. The Balaban J connectivity index is 1.87. The highest BCUT2D eigenvalue weighted by Crippen LogP contribution is 2.16. The Labute approximate surface area is 113 Å². The monoisotopic (exact) mass is 345 g/mol. The minimum absolute atomic E-state index is 0.711. The number of rotatable bonds is 4. The second-order valence-electron chi connectivity index (χ2n) is 3.42. The molecule has 2 rings (SSSR count). The van der Waals surface area contributed by atoms with Crippen molar-refractivity contribution in [2.45, 2.75) is 13.3 Å². The minimum atomic E-state index is 0.711. The van der Waals surface area contributed by atoms with Crippen LogP contribution in [0.4, 0.5) is 0 Å². The minimum Gasteiger partial charge on any atom is -0.493 e. The molecular formula is C12H12INOS. The Kier molecular flexibility index (Phi) is 4.17. The van der Waals surface area contributed by atoms with Gasteiger partial charge in [-0.1, -0.05) is 6.07 Å². The van der Waals surface area contributed by atoms with E-state index in [4.69, 9.17) is 4.74 Å². The highest BCUT2D eigenvalue weighted by atomic mass is 127. The molecule has 84 valence electrons. The van der Waals surface area contributed by atoms with Crippen LogP contribution in [0.1, 0.15) is 10.6 Å². The summed E-state index contributed by atoms with van der Waals surface area (Å²) in [5, 5.41) is 0. The van der Waals surface area contributed by atoms with Crippen LogP contribution in [0.2, 0.25) is 0 Å². The van der Waals surface area contributed by atoms with Gasteiger partial charge in [0.05, 0.1) is 17.8 Å². The van der Waals surface area contributed by atoms with Gasteiger partial charge in [0.15, 0.2) is 0 Å². The summed E-state index contributed by atoms with van der Waals surface area (Å²) >= 11 is 3.98. The topological polar surface area (TPSA) is 22.1 Å². The summed E-state index contributed by atoms with van der Waals surface area (Å²) in [6, 6.07) is 8.09. The van der Waals surface area contributed by atoms with Gasteiger partial charge in [0.2, 0.25) is 0 Å². The van der Waals surface area contributed by atoms with Crippen molar-refractivity contribution in [2.24, 2.45) is 0 Å². The van der Waals surface area contributed by atoms with Crippen molar-refractivity contribution in [1.29, 1.82) is 0 Å². The number of halogens is 1. The third-order valence-corrected chi connectivity index (χ3v) is 3.90. The highest BCUT2D eigenvalue weighted by Gasteiger charge is 2.01. The molecule has 0 saturated heterocycles. The van der Waals surface area contributed by atoms with Crippen LogP contribution in [0, 0.1) is 10.5 Å². The first-order valence-electron chi connectivity index (χ1n) is 5.03. The molecule has 0 amide bonds. The Bertz CT molecular complexity index is 470. The molecule has 16 heavy (non-hydrogen) atoms. The normalized spacial score (nSPS) is 10.4. The molecule has 0 aliphatic heterocycles. The van der Waals surface area contributed by atoms with Crippen LogP contribution in [0.3, 0.4) is 0 Å². The standard InChI is InChI=1S/C12H12INOS/c1-9-12(16-8-14-9)5-6-15-11-4-2-3-10(13)7-11/h2-4,7-8H,5-6H2,1H3. The van der Waals surface area contributed by atoms with Gasteiger partial charge >= 0.3 is 0 Å². The number of aryl methyl sites for hydroxylation is 1. The Hall–Kier alpha value is -0.620. The van der Waals surface area contributed by atoms with E-state index in [0.29, 0.717) is 6.61 Å². The lowest BCUT2D eigenvalue weighted by molar-refractivity contribution is 0.322. The SMILES string of the molecule is Cc1ncsc1CCOc1cccc(I)c1. The molecule has 0 bridgehead atoms. The zero-order valence-electron chi connectivity index (χ0n) is 8.94. The van der Waals surface area contributed by atoms with Crippen LogP contribution < -0.4 is 4.74 Å². The average molecular weight is 345 g/mol. The van der Waals surface area contributed by atoms with E-state index in [-0.39, 0.29) is 0 Å². The van der Waals surface area contributed by atoms with Crippen molar-refractivity contribution in [2.75, 3.05) is 6.61 Å². The second kappa shape index (κ2) is 5.63. The molecule has 0 aliphatic rings. The lowest BCUT2D eigenvalue weighted by Crippen LogP contribution is -2.01. The summed E-state index contributed by atoms with van der Waals surface area (Å²) in [7, 11) is 0. The first kappa shape index (κ1) is 11.9. The fourth-order valence-corrected chi connectivity index (χ4v) is 2.66. The first-order chi connectivity index (χ1) is 7.75. The number of hydrogen-bond acceptors (Lipinski definition) is 3. The average Bonchev–Trinajstić information content (AvgIpc) is 2.65. The maximum Gasteiger partial charge on any atom is 0.120 e. The van der Waals surface area contributed by atoms with Crippen LogP contribution in [-0.2, 0) is 6.42 Å². The summed E-state index contributed by atoms with van der Waals surface area (Å²) < 4.78 is 6.89. The summed E-state index contributed by atoms with van der Waals surface area (Å²) in [6.07, 6.45) is 0.933. The molecule has 0 N–H and O–H groups in total. The molecule has 1 aromatic heterocycles. The van der Waals surface area contributed by atoms with Gasteiger partial charge in [-0.2, -0.15) is 0 Å². The third-order valence-electron chi connectivity index (χ3n) is 2.24. The lowest BCUT2D eigenvalue weighted by Gasteiger charge is -2.05. The molecule has 0 fully saturated rings. The zero-order valence-corrected chi connectivity index (χ0v) is 11.9. The van der Waals surface area contributed by atoms with E-state index < -0.39 is 0 Å². The molecule has 0 aliphatic carbocycles. The summed E-state index contributed by atoms with van der Waals surface area (Å²) in [6.45, 7) is 2.75. The van der Waals surface area contributed by atoms with E-state index in [9.17, 15) is 0 Å². The predicted octanol–water partition coefficient (Wildman–Crippen LogP) is 3.68. The second-order valence-corrected chi connectivity index (χ2v) is 5.60. The molecule has 0 unspecified atom stereocenters. The van der Waals surface area contributed by atoms with E-state index in [0.717, 1.165) is 17.9 Å². The van der Waals surface area contributed by atoms with Crippen LogP contribution in [0.25, 0.3) is 0 Å². The fourth-order valence-electron chi connectivity index (χ4n) is 1.38. The number of aromatic nitrogens is 1. The van der Waals surface area contributed by atoms with Gasteiger partial charge < -0.3 is 4.74 Å². The molecule has 0 saturated carbocycles. The summed E-state index contributed by atoms with van der Waals surface area (Å²) in [5.74, 6) is 0.939. The van der Waals surface area contributed by atoms with Crippen LogP contribution >= 0.6 is 33.9 Å². The van der Waals surface area contributed by atoms with Gasteiger partial charge in [0, 0.05) is 14.9 Å². The predicted molar refractivity (Wildman–Crippen MR) is 75.2 cm³/mol. The van der Waals surface area contributed by atoms with Crippen molar-refractivity contribution in [3.05, 3.63) is 43.9 Å². The molecule has 0 spiro atoms. The quantitative estimate of drug-likeness (QED) is 0.789. The van der Waals surface area contributed by atoms with Gasteiger partial charge in [-0.05, 0) is 47.7 Å². The molecule has 4 heteroatoms. The maximum absolute atomic E-state index is 5.69. The van der Waals surface area contributed by atoms with E-state index >= 15 is 0 Å². The van der Waals surface area contributed by atoms with Gasteiger partial charge in [-0.15, -0.1) is 11.3 Å². The van der Waals surface area contributed by atoms with E-state index in [1.807, 2.05) is 30.6 Å². The molecule has 1 aromatic carbocycles. The maximum atomic E-state index is 5.69. The van der Waals surface area contributed by atoms with Crippen molar-refractivity contribution >= 4 is 33.9 Å². The van der Waals surface area contributed by atoms with Gasteiger partial charge in [-0.25, -0.2) is 4.98 Å². The van der Waals surface area contributed by atoms with Crippen LogP contribution in [-0.4, -0.2) is 11.6 Å². The van der Waals surface area contributed by atoms with Crippen molar-refractivity contribution < 1.29 is 4.74 Å². The van der Waals surface area contributed by atoms with Crippen molar-refractivity contribution in [3.63, 3.8) is 0 Å². The Morgan fingerprint density at radius 1 is 1.44 bits per heavy atom. The molecule has 2 nitrogen and oxygen atoms in total. The molecule has 1 heterocycles. The van der Waals surface area contributed by atoms with Gasteiger partial charge in [-0.3, -0.25) is 0 Å². The zero-order chi connectivity index (χ0) is 11.4. The van der Waals surface area contributed by atoms with Crippen molar-refractivity contribution in [1.82, 2.24) is 4.98 Å². The molecular weight excluding hydrogens is 333 g/mol. The van der Waals surface area contributed by atoms with E-state index in [2.05, 4.69) is 33.6 Å². The fraction of sp³-hybridized carbons (Fsp3) is 0.250. The number of hydrogen-bond donors (Lipinski definition) is 0. The van der Waals surface area contributed by atoms with Crippen molar-refractivity contribution in [3.8, 4) is 5.75 Å². The highest BCUT2D eigenvalue weighted by molar-refractivity contribution is 14.1. The number of benzene rings is 1. The van der Waals surface area contributed by atoms with E-state index in [1.54, 1.807) is 11.3 Å². The van der Waals surface area contributed by atoms with Crippen LogP contribution in [0.15, 0.2) is 29.8 Å². The largest absolute Gasteiger partial charge is 0.493 e. The molecule has 2 aromatic rings. The summed E-state index contributed by atoms with van der Waals surface area (Å²) in [5.41, 5.74) is 3.01. The Morgan fingerprint density at radius 2 is 2.31 bits per heavy atom. The number of nitrogens with zero attached hydrogens (tertiary/aromatic N) is 1. The van der Waals surface area contributed by atoms with Gasteiger partial charge in [0.1, 0.15) is 5.75 Å². The smallest absolute Gasteiger partial charge is 0.120 e. The third kappa shape index (κ3) is 3.18. The van der Waals surface area contributed by atoms with E-state index in [1.165, 1.54) is 8.45 Å². The number of ether oxygens (including phenoxy) is 1. The van der Waals surface area contributed by atoms with Gasteiger partial charge in [0.25, 0.3) is 0 Å².